The molecule has 3 heterocycles. The highest BCUT2D eigenvalue weighted by atomic mass is 35.5. The Bertz CT molecular complexity index is 1320. The number of hydrogen-bond acceptors (Lipinski definition) is 3. The minimum absolute atomic E-state index is 0.181. The van der Waals surface area contributed by atoms with Gasteiger partial charge < -0.3 is 14.6 Å². The van der Waals surface area contributed by atoms with Crippen LogP contribution in [0.1, 0.15) is 34.7 Å². The number of nitrogens with one attached hydrogen (secondary N) is 1. The molecule has 1 aliphatic heterocycles. The molecule has 166 valence electrons. The fraction of sp³-hybridized carbons (Fsp3) is 0.154. The zero-order valence-corrected chi connectivity index (χ0v) is 20.4. The summed E-state index contributed by atoms with van der Waals surface area (Å²) in [5, 5.41) is 5.21. The van der Waals surface area contributed by atoms with Gasteiger partial charge in [0.25, 0.3) is 0 Å². The zero-order chi connectivity index (χ0) is 23.1. The van der Waals surface area contributed by atoms with E-state index in [0.29, 0.717) is 20.9 Å². The number of benzene rings is 2. The van der Waals surface area contributed by atoms with Gasteiger partial charge in [0, 0.05) is 22.5 Å². The molecule has 2 atom stereocenters. The lowest BCUT2D eigenvalue weighted by Gasteiger charge is -2.26. The quantitative estimate of drug-likeness (QED) is 0.299. The highest BCUT2D eigenvalue weighted by Crippen LogP contribution is 2.44. The van der Waals surface area contributed by atoms with E-state index in [1.807, 2.05) is 36.4 Å². The van der Waals surface area contributed by atoms with Crippen molar-refractivity contribution < 1.29 is 4.42 Å². The summed E-state index contributed by atoms with van der Waals surface area (Å²) in [5.74, 6) is 1.43. The fourth-order valence-electron chi connectivity index (χ4n) is 4.36. The number of aryl methyl sites for hydroxylation is 2. The van der Waals surface area contributed by atoms with Crippen LogP contribution in [0.25, 0.3) is 11.3 Å². The highest BCUT2D eigenvalue weighted by molar-refractivity contribution is 7.80. The Labute approximate surface area is 208 Å². The van der Waals surface area contributed by atoms with Crippen molar-refractivity contribution in [2.45, 2.75) is 25.9 Å². The van der Waals surface area contributed by atoms with E-state index in [0.717, 1.165) is 22.7 Å². The van der Waals surface area contributed by atoms with Gasteiger partial charge in [0.2, 0.25) is 0 Å². The lowest BCUT2D eigenvalue weighted by atomic mass is 10.0. The Hall–Kier alpha value is -2.86. The summed E-state index contributed by atoms with van der Waals surface area (Å²) in [7, 11) is 0. The predicted octanol–water partition coefficient (Wildman–Crippen LogP) is 7.44. The van der Waals surface area contributed by atoms with E-state index in [2.05, 4.69) is 47.2 Å². The first kappa shape index (κ1) is 22.0. The van der Waals surface area contributed by atoms with Gasteiger partial charge in [0.05, 0.1) is 16.8 Å². The predicted molar refractivity (Wildman–Crippen MR) is 138 cm³/mol. The molecule has 1 aliphatic rings. The normalized spacial score (nSPS) is 17.9. The van der Waals surface area contributed by atoms with Gasteiger partial charge in [-0.05, 0) is 91.8 Å². The molecule has 1 N–H and O–H groups in total. The van der Waals surface area contributed by atoms with Gasteiger partial charge in [-0.3, -0.25) is 4.98 Å². The molecule has 0 saturated carbocycles. The summed E-state index contributed by atoms with van der Waals surface area (Å²) in [6.07, 6.45) is 1.79. The third kappa shape index (κ3) is 4.24. The summed E-state index contributed by atoms with van der Waals surface area (Å²) in [6, 6.07) is 21.2. The van der Waals surface area contributed by atoms with Crippen LogP contribution in [0.4, 0.5) is 5.69 Å². The number of furan rings is 1. The number of anilines is 1. The lowest BCUT2D eigenvalue weighted by molar-refractivity contribution is 0.439. The van der Waals surface area contributed by atoms with Gasteiger partial charge in [-0.25, -0.2) is 0 Å². The van der Waals surface area contributed by atoms with Crippen LogP contribution in [0.2, 0.25) is 10.0 Å². The minimum Gasteiger partial charge on any atom is -0.459 e. The molecule has 33 heavy (non-hydrogen) atoms. The molecule has 7 heteroatoms. The molecule has 1 fully saturated rings. The second-order valence-corrected chi connectivity index (χ2v) is 9.40. The van der Waals surface area contributed by atoms with E-state index < -0.39 is 0 Å². The molecule has 5 rings (SSSR count). The SMILES string of the molecule is Cc1cc(C)cc(N2C(=S)N[C@H](c3ccccn3)[C@@H]2c2ccc(-c3ccc(Cl)cc3Cl)o2)c1. The second kappa shape index (κ2) is 8.82. The van der Waals surface area contributed by atoms with Crippen molar-refractivity contribution in [1.29, 1.82) is 0 Å². The second-order valence-electron chi connectivity index (χ2n) is 8.17. The molecule has 0 unspecified atom stereocenters. The molecule has 2 aromatic carbocycles. The largest absolute Gasteiger partial charge is 0.459 e. The smallest absolute Gasteiger partial charge is 0.174 e. The van der Waals surface area contributed by atoms with Crippen LogP contribution in [-0.4, -0.2) is 10.1 Å². The molecule has 0 aliphatic carbocycles. The van der Waals surface area contributed by atoms with Crippen molar-refractivity contribution in [2.24, 2.45) is 0 Å². The molecule has 0 spiro atoms. The van der Waals surface area contributed by atoms with Crippen LogP contribution in [0.15, 0.2) is 77.3 Å². The van der Waals surface area contributed by atoms with E-state index >= 15 is 0 Å². The standard InChI is InChI=1S/C26H21Cl2N3OS/c1-15-11-16(2)13-18(12-15)31-25(24(30-26(31)33)21-5-3-4-10-29-21)23-9-8-22(32-23)19-7-6-17(27)14-20(19)28/h3-14,24-25H,1-2H3,(H,30,33)/t24-,25+/m1/s1. The first-order valence-corrected chi connectivity index (χ1v) is 11.7. The van der Waals surface area contributed by atoms with Crippen molar-refractivity contribution >= 4 is 46.2 Å². The maximum absolute atomic E-state index is 6.44. The summed E-state index contributed by atoms with van der Waals surface area (Å²) in [4.78, 5) is 6.71. The Morgan fingerprint density at radius 1 is 0.970 bits per heavy atom. The zero-order valence-electron chi connectivity index (χ0n) is 18.0. The van der Waals surface area contributed by atoms with Crippen LogP contribution in [-0.2, 0) is 0 Å². The molecule has 1 saturated heterocycles. The van der Waals surface area contributed by atoms with Crippen molar-refractivity contribution in [3.05, 3.63) is 106 Å². The Kier molecular flexibility index (Phi) is 5.87. The number of pyridine rings is 1. The van der Waals surface area contributed by atoms with Crippen molar-refractivity contribution in [3.8, 4) is 11.3 Å². The molecule has 2 aromatic heterocycles. The third-order valence-electron chi connectivity index (χ3n) is 5.70. The van der Waals surface area contributed by atoms with E-state index in [-0.39, 0.29) is 12.1 Å². The number of rotatable bonds is 4. The first-order valence-electron chi connectivity index (χ1n) is 10.5. The van der Waals surface area contributed by atoms with Crippen LogP contribution in [0, 0.1) is 13.8 Å². The van der Waals surface area contributed by atoms with Crippen LogP contribution >= 0.6 is 35.4 Å². The number of halogens is 2. The number of hydrogen-bond donors (Lipinski definition) is 1. The number of nitrogens with zero attached hydrogens (tertiary/aromatic N) is 2. The number of thiocarbonyl (C=S) groups is 1. The molecule has 0 radical (unpaired) electrons. The van der Waals surface area contributed by atoms with Gasteiger partial charge in [0.15, 0.2) is 5.11 Å². The van der Waals surface area contributed by atoms with Crippen LogP contribution in [0.5, 0.6) is 0 Å². The molecule has 4 nitrogen and oxygen atoms in total. The molecule has 4 aromatic rings. The molecule has 0 bridgehead atoms. The van der Waals surface area contributed by atoms with Gasteiger partial charge in [0.1, 0.15) is 17.6 Å². The van der Waals surface area contributed by atoms with Gasteiger partial charge >= 0.3 is 0 Å². The summed E-state index contributed by atoms with van der Waals surface area (Å²) in [6.45, 7) is 4.17. The van der Waals surface area contributed by atoms with Crippen molar-refractivity contribution in [3.63, 3.8) is 0 Å². The summed E-state index contributed by atoms with van der Waals surface area (Å²) in [5.41, 5.74) is 5.02. The van der Waals surface area contributed by atoms with Gasteiger partial charge in [-0.2, -0.15) is 0 Å². The van der Waals surface area contributed by atoms with E-state index in [4.69, 9.17) is 39.8 Å². The van der Waals surface area contributed by atoms with Crippen molar-refractivity contribution in [2.75, 3.05) is 4.90 Å². The first-order chi connectivity index (χ1) is 15.9. The van der Waals surface area contributed by atoms with Crippen molar-refractivity contribution in [1.82, 2.24) is 10.3 Å². The monoisotopic (exact) mass is 493 g/mol. The average Bonchev–Trinajstić information content (AvgIpc) is 3.38. The Balaban J connectivity index is 1.62. The van der Waals surface area contributed by atoms with Gasteiger partial charge in [-0.1, -0.05) is 35.3 Å². The van der Waals surface area contributed by atoms with E-state index in [9.17, 15) is 0 Å². The highest BCUT2D eigenvalue weighted by Gasteiger charge is 2.42. The molecular formula is C26H21Cl2N3OS. The van der Waals surface area contributed by atoms with Crippen LogP contribution in [0.3, 0.4) is 0 Å². The third-order valence-corrected chi connectivity index (χ3v) is 6.56. The fourth-order valence-corrected chi connectivity index (χ4v) is 5.21. The van der Waals surface area contributed by atoms with Crippen LogP contribution < -0.4 is 10.2 Å². The maximum Gasteiger partial charge on any atom is 0.174 e. The van der Waals surface area contributed by atoms with E-state index in [1.54, 1.807) is 18.3 Å². The Morgan fingerprint density at radius 3 is 2.45 bits per heavy atom. The van der Waals surface area contributed by atoms with Gasteiger partial charge in [-0.15, -0.1) is 0 Å². The average molecular weight is 494 g/mol. The summed E-state index contributed by atoms with van der Waals surface area (Å²) < 4.78 is 6.39. The molecule has 0 amide bonds. The maximum atomic E-state index is 6.44. The minimum atomic E-state index is -0.228. The number of aromatic nitrogens is 1. The topological polar surface area (TPSA) is 41.3 Å². The summed E-state index contributed by atoms with van der Waals surface area (Å²) >= 11 is 18.3. The lowest BCUT2D eigenvalue weighted by Crippen LogP contribution is -2.29. The van der Waals surface area contributed by atoms with E-state index in [1.165, 1.54) is 11.1 Å². The Morgan fingerprint density at radius 2 is 1.76 bits per heavy atom. The molecular weight excluding hydrogens is 473 g/mol.